The first kappa shape index (κ1) is 16.6. The molecule has 1 aliphatic carbocycles. The van der Waals surface area contributed by atoms with Crippen LogP contribution in [0.3, 0.4) is 0 Å². The lowest BCUT2D eigenvalue weighted by atomic mass is 9.63. The van der Waals surface area contributed by atoms with Crippen molar-refractivity contribution in [3.8, 4) is 0 Å². The second-order valence-corrected chi connectivity index (χ2v) is 7.27. The van der Waals surface area contributed by atoms with Crippen molar-refractivity contribution < 1.29 is 23.3 Å². The first-order valence-electron chi connectivity index (χ1n) is 6.55. The molecule has 0 spiro atoms. The maximum Gasteiger partial charge on any atom is 0.455 e. The molecule has 0 aromatic carbocycles. The molecule has 1 saturated carbocycles. The highest BCUT2D eigenvalue weighted by atomic mass is 32.2. The second kappa shape index (κ2) is 6.83. The second-order valence-electron chi connectivity index (χ2n) is 5.49. The highest BCUT2D eigenvalue weighted by Gasteiger charge is 2.32. The third kappa shape index (κ3) is 6.03. The van der Waals surface area contributed by atoms with Crippen LogP contribution in [-0.2, 0) is 14.8 Å². The molecule has 110 valence electrons. The molecule has 0 heterocycles. The summed E-state index contributed by atoms with van der Waals surface area (Å²) in [5.41, 5.74) is 0. The van der Waals surface area contributed by atoms with Gasteiger partial charge in [-0.25, -0.2) is 13.1 Å². The van der Waals surface area contributed by atoms with E-state index in [0.29, 0.717) is 12.3 Å². The third-order valence-corrected chi connectivity index (χ3v) is 4.40. The van der Waals surface area contributed by atoms with Crippen LogP contribution in [0.25, 0.3) is 0 Å². The highest BCUT2D eigenvalue weighted by Crippen LogP contribution is 2.36. The van der Waals surface area contributed by atoms with Gasteiger partial charge in [-0.1, -0.05) is 19.3 Å². The van der Waals surface area contributed by atoms with E-state index in [9.17, 15) is 23.3 Å². The maximum absolute atomic E-state index is 11.9. The molecule has 1 fully saturated rings. The summed E-state index contributed by atoms with van der Waals surface area (Å²) < 4.78 is 24.3. The average molecular weight is 291 g/mol. The minimum absolute atomic E-state index is 0.0160. The van der Waals surface area contributed by atoms with Crippen LogP contribution < -0.4 is 4.72 Å². The molecule has 0 aromatic heterocycles. The lowest BCUT2D eigenvalue weighted by molar-refractivity contribution is -0.120. The number of hydrogen-bond acceptors (Lipinski definition) is 5. The van der Waals surface area contributed by atoms with E-state index in [1.54, 1.807) is 0 Å². The predicted molar refractivity (Wildman–Crippen MR) is 73.0 cm³/mol. The molecule has 0 aromatic rings. The maximum atomic E-state index is 11.9. The fourth-order valence-corrected chi connectivity index (χ4v) is 3.06. The topological polar surface area (TPSA) is 104 Å². The van der Waals surface area contributed by atoms with Gasteiger partial charge in [-0.05, 0) is 19.3 Å². The Morgan fingerprint density at radius 1 is 1.42 bits per heavy atom. The molecule has 2 atom stereocenters. The summed E-state index contributed by atoms with van der Waals surface area (Å²) in [6, 6.07) is -0.836. The van der Waals surface area contributed by atoms with Crippen molar-refractivity contribution in [2.45, 2.75) is 50.9 Å². The van der Waals surface area contributed by atoms with Crippen LogP contribution in [0.5, 0.6) is 0 Å². The molecule has 1 unspecified atom stereocenters. The molecule has 19 heavy (non-hydrogen) atoms. The van der Waals surface area contributed by atoms with E-state index in [1.807, 2.05) is 0 Å². The number of ketones is 1. The number of hydrogen-bond donors (Lipinski definition) is 3. The standard InChI is InChI=1S/C11H22BNO5S/c1-8(13-19(2,17)18)11(14)7-10(12(15)16)6-9-4-3-5-9/h8-10,13,15-16H,3-7H2,1-2H3/t8?,10-/m1/s1. The monoisotopic (exact) mass is 291 g/mol. The van der Waals surface area contributed by atoms with Gasteiger partial charge in [-0.3, -0.25) is 4.79 Å². The van der Waals surface area contributed by atoms with Gasteiger partial charge in [-0.2, -0.15) is 0 Å². The first-order valence-corrected chi connectivity index (χ1v) is 8.44. The summed E-state index contributed by atoms with van der Waals surface area (Å²) in [5.74, 6) is -0.373. The van der Waals surface area contributed by atoms with E-state index >= 15 is 0 Å². The fraction of sp³-hybridized carbons (Fsp3) is 0.909. The van der Waals surface area contributed by atoms with Crippen molar-refractivity contribution >= 4 is 22.9 Å². The van der Waals surface area contributed by atoms with Crippen molar-refractivity contribution in [1.29, 1.82) is 0 Å². The van der Waals surface area contributed by atoms with Crippen molar-refractivity contribution in [1.82, 2.24) is 4.72 Å². The normalized spacial score (nSPS) is 19.6. The molecular formula is C11H22BNO5S. The van der Waals surface area contributed by atoms with E-state index in [-0.39, 0.29) is 12.2 Å². The zero-order chi connectivity index (χ0) is 14.6. The lowest BCUT2D eigenvalue weighted by Crippen LogP contribution is -2.39. The highest BCUT2D eigenvalue weighted by molar-refractivity contribution is 7.88. The van der Waals surface area contributed by atoms with Crippen molar-refractivity contribution in [3.63, 3.8) is 0 Å². The molecule has 1 rings (SSSR count). The number of nitrogens with one attached hydrogen (secondary N) is 1. The fourth-order valence-electron chi connectivity index (χ4n) is 2.29. The molecule has 0 aliphatic heterocycles. The summed E-state index contributed by atoms with van der Waals surface area (Å²) in [6.07, 6.45) is 4.86. The van der Waals surface area contributed by atoms with Gasteiger partial charge < -0.3 is 10.0 Å². The van der Waals surface area contributed by atoms with Gasteiger partial charge in [0, 0.05) is 12.2 Å². The molecule has 8 heteroatoms. The van der Waals surface area contributed by atoms with Crippen LogP contribution in [0.4, 0.5) is 0 Å². The molecule has 3 N–H and O–H groups in total. The first-order chi connectivity index (χ1) is 8.69. The molecule has 0 bridgehead atoms. The molecule has 1 aliphatic rings. The van der Waals surface area contributed by atoms with Gasteiger partial charge in [0.2, 0.25) is 10.0 Å². The van der Waals surface area contributed by atoms with Crippen LogP contribution in [-0.4, -0.2) is 43.7 Å². The number of Topliss-reactive ketones (excluding diaryl/α,β-unsaturated/α-hetero) is 1. The van der Waals surface area contributed by atoms with Crippen molar-refractivity contribution in [2.24, 2.45) is 5.92 Å². The zero-order valence-corrected chi connectivity index (χ0v) is 12.2. The van der Waals surface area contributed by atoms with E-state index in [2.05, 4.69) is 4.72 Å². The summed E-state index contributed by atoms with van der Waals surface area (Å²) in [5, 5.41) is 18.6. The predicted octanol–water partition coefficient (Wildman–Crippen LogP) is -0.0835. The summed E-state index contributed by atoms with van der Waals surface area (Å²) >= 11 is 0. The van der Waals surface area contributed by atoms with E-state index in [4.69, 9.17) is 0 Å². The van der Waals surface area contributed by atoms with Gasteiger partial charge in [0.05, 0.1) is 12.3 Å². The molecule has 0 amide bonds. The van der Waals surface area contributed by atoms with Gasteiger partial charge in [-0.15, -0.1) is 0 Å². The molecule has 0 radical (unpaired) electrons. The Morgan fingerprint density at radius 2 is 2.00 bits per heavy atom. The van der Waals surface area contributed by atoms with E-state index in [1.165, 1.54) is 6.92 Å². The van der Waals surface area contributed by atoms with E-state index in [0.717, 1.165) is 25.5 Å². The Kier molecular flexibility index (Phi) is 5.97. The Hall–Kier alpha value is -0.435. The number of rotatable bonds is 8. The Bertz CT molecular complexity index is 407. The minimum atomic E-state index is -3.44. The van der Waals surface area contributed by atoms with Crippen LogP contribution in [0.2, 0.25) is 5.82 Å². The molecule has 6 nitrogen and oxygen atoms in total. The van der Waals surface area contributed by atoms with Crippen molar-refractivity contribution in [2.75, 3.05) is 6.26 Å². The Morgan fingerprint density at radius 3 is 2.37 bits per heavy atom. The van der Waals surface area contributed by atoms with Gasteiger partial charge in [0.25, 0.3) is 0 Å². The number of sulfonamides is 1. The average Bonchev–Trinajstić information content (AvgIpc) is 2.17. The van der Waals surface area contributed by atoms with Gasteiger partial charge in [0.1, 0.15) is 5.78 Å². The van der Waals surface area contributed by atoms with Crippen LogP contribution in [0, 0.1) is 5.92 Å². The number of carbonyl (C=O) groups excluding carboxylic acids is 1. The van der Waals surface area contributed by atoms with Gasteiger partial charge in [0.15, 0.2) is 0 Å². The summed E-state index contributed by atoms with van der Waals surface area (Å²) in [4.78, 5) is 11.9. The molecule has 0 saturated heterocycles. The Balaban J connectivity index is 2.50. The lowest BCUT2D eigenvalue weighted by Gasteiger charge is -2.29. The van der Waals surface area contributed by atoms with Crippen LogP contribution in [0.15, 0.2) is 0 Å². The molecular weight excluding hydrogens is 269 g/mol. The largest absolute Gasteiger partial charge is 0.455 e. The Labute approximate surface area is 114 Å². The SMILES string of the molecule is CC(NS(C)(=O)=O)C(=O)C[C@@H](CC1CCC1)B(O)O. The third-order valence-electron chi connectivity index (χ3n) is 3.62. The smallest absolute Gasteiger partial charge is 0.427 e. The van der Waals surface area contributed by atoms with Crippen molar-refractivity contribution in [3.05, 3.63) is 0 Å². The quantitative estimate of drug-likeness (QED) is 0.542. The van der Waals surface area contributed by atoms with Gasteiger partial charge >= 0.3 is 7.12 Å². The zero-order valence-electron chi connectivity index (χ0n) is 11.4. The minimum Gasteiger partial charge on any atom is -0.427 e. The number of carbonyl (C=O) groups is 1. The van der Waals surface area contributed by atoms with Crippen LogP contribution >= 0.6 is 0 Å². The summed E-state index contributed by atoms with van der Waals surface area (Å²) in [7, 11) is -4.97. The van der Waals surface area contributed by atoms with E-state index < -0.39 is 29.0 Å². The summed E-state index contributed by atoms with van der Waals surface area (Å²) in [6.45, 7) is 1.47. The van der Waals surface area contributed by atoms with Crippen LogP contribution in [0.1, 0.15) is 39.0 Å².